The zero-order valence-corrected chi connectivity index (χ0v) is 10.9. The lowest BCUT2D eigenvalue weighted by Crippen LogP contribution is -2.40. The second-order valence-electron chi connectivity index (χ2n) is 3.52. The highest BCUT2D eigenvalue weighted by Gasteiger charge is 2.09. The Hall–Kier alpha value is -2.02. The molecule has 0 aliphatic rings. The molecule has 0 aromatic heterocycles. The van der Waals surface area contributed by atoms with E-state index in [1.807, 2.05) is 0 Å². The van der Waals surface area contributed by atoms with Crippen LogP contribution in [0.4, 0.5) is 14.9 Å². The van der Waals surface area contributed by atoms with Gasteiger partial charge < -0.3 is 11.1 Å². The van der Waals surface area contributed by atoms with Crippen molar-refractivity contribution < 1.29 is 14.0 Å². The molecule has 0 saturated heterocycles. The molecular formula is C12H14FN3O2S. The minimum Gasteiger partial charge on any atom is -0.398 e. The molecule has 0 heterocycles. The van der Waals surface area contributed by atoms with Gasteiger partial charge in [0.25, 0.3) is 0 Å². The first-order chi connectivity index (χ1) is 9.02. The van der Waals surface area contributed by atoms with E-state index in [0.29, 0.717) is 10.6 Å². The van der Waals surface area contributed by atoms with Crippen molar-refractivity contribution in [1.29, 1.82) is 0 Å². The van der Waals surface area contributed by atoms with Crippen LogP contribution < -0.4 is 16.4 Å². The number of nitrogen functional groups attached to an aromatic ring is 1. The molecule has 1 rings (SSSR count). The van der Waals surface area contributed by atoms with Gasteiger partial charge in [0.2, 0.25) is 5.91 Å². The Kier molecular flexibility index (Phi) is 5.87. The third kappa shape index (κ3) is 5.43. The number of urea groups is 1. The number of carbonyl (C=O) groups is 2. The summed E-state index contributed by atoms with van der Waals surface area (Å²) in [6.07, 6.45) is 1.49. The topological polar surface area (TPSA) is 84.2 Å². The largest absolute Gasteiger partial charge is 0.398 e. The number of hydrogen-bond acceptors (Lipinski definition) is 4. The zero-order valence-electron chi connectivity index (χ0n) is 10.1. The van der Waals surface area contributed by atoms with E-state index in [2.05, 4.69) is 17.2 Å². The third-order valence-corrected chi connectivity index (χ3v) is 3.07. The van der Waals surface area contributed by atoms with E-state index in [9.17, 15) is 14.0 Å². The van der Waals surface area contributed by atoms with Crippen molar-refractivity contribution in [3.05, 3.63) is 36.7 Å². The molecule has 0 saturated carbocycles. The van der Waals surface area contributed by atoms with Crippen molar-refractivity contribution in [2.45, 2.75) is 4.90 Å². The van der Waals surface area contributed by atoms with E-state index in [-0.39, 0.29) is 12.3 Å². The van der Waals surface area contributed by atoms with Crippen LogP contribution in [-0.2, 0) is 4.79 Å². The van der Waals surface area contributed by atoms with E-state index >= 15 is 0 Å². The molecule has 1 aromatic carbocycles. The van der Waals surface area contributed by atoms with E-state index in [0.717, 1.165) is 11.8 Å². The van der Waals surface area contributed by atoms with Gasteiger partial charge in [0, 0.05) is 17.1 Å². The third-order valence-electron chi connectivity index (χ3n) is 1.99. The van der Waals surface area contributed by atoms with Crippen molar-refractivity contribution in [2.24, 2.45) is 0 Å². The Morgan fingerprint density at radius 2 is 2.21 bits per heavy atom. The first-order valence-corrected chi connectivity index (χ1v) is 6.38. The lowest BCUT2D eigenvalue weighted by molar-refractivity contribution is -0.117. The number of amides is 3. The Labute approximate surface area is 114 Å². The summed E-state index contributed by atoms with van der Waals surface area (Å²) in [7, 11) is 0. The van der Waals surface area contributed by atoms with Gasteiger partial charge in [-0.3, -0.25) is 10.1 Å². The Morgan fingerprint density at radius 3 is 2.89 bits per heavy atom. The molecule has 0 radical (unpaired) electrons. The zero-order chi connectivity index (χ0) is 14.3. The van der Waals surface area contributed by atoms with Crippen LogP contribution in [0.3, 0.4) is 0 Å². The Bertz CT molecular complexity index is 494. The van der Waals surface area contributed by atoms with Crippen LogP contribution in [0.2, 0.25) is 0 Å². The molecule has 4 N–H and O–H groups in total. The Balaban J connectivity index is 2.43. The molecular weight excluding hydrogens is 269 g/mol. The highest BCUT2D eigenvalue weighted by molar-refractivity contribution is 8.00. The molecule has 102 valence electrons. The number of rotatable bonds is 5. The molecule has 0 atom stereocenters. The summed E-state index contributed by atoms with van der Waals surface area (Å²) in [5.74, 6) is -0.953. The summed E-state index contributed by atoms with van der Waals surface area (Å²) in [5, 5.41) is 4.53. The number of benzene rings is 1. The van der Waals surface area contributed by atoms with Crippen molar-refractivity contribution >= 4 is 29.4 Å². The van der Waals surface area contributed by atoms with Gasteiger partial charge >= 0.3 is 6.03 Å². The molecule has 0 bridgehead atoms. The second kappa shape index (κ2) is 7.42. The summed E-state index contributed by atoms with van der Waals surface area (Å²) in [6, 6.07) is 3.30. The summed E-state index contributed by atoms with van der Waals surface area (Å²) in [4.78, 5) is 23.1. The minimum absolute atomic E-state index is 0.0326. The van der Waals surface area contributed by atoms with Gasteiger partial charge in [0.1, 0.15) is 5.82 Å². The van der Waals surface area contributed by atoms with Crippen LogP contribution in [0.15, 0.2) is 35.7 Å². The first-order valence-electron chi connectivity index (χ1n) is 5.39. The molecule has 1 aromatic rings. The van der Waals surface area contributed by atoms with E-state index in [1.165, 1.54) is 24.3 Å². The van der Waals surface area contributed by atoms with Crippen molar-refractivity contribution in [1.82, 2.24) is 10.6 Å². The van der Waals surface area contributed by atoms with Gasteiger partial charge in [0.15, 0.2) is 0 Å². The lowest BCUT2D eigenvalue weighted by atomic mass is 10.3. The van der Waals surface area contributed by atoms with E-state index in [1.54, 1.807) is 0 Å². The summed E-state index contributed by atoms with van der Waals surface area (Å²) in [6.45, 7) is 3.69. The standard InChI is InChI=1S/C12H14FN3O2S/c1-2-5-15-12(18)16-11(17)7-19-10-6-8(13)3-4-9(10)14/h2-4,6H,1,5,7,14H2,(H2,15,16,17,18). The normalized spacial score (nSPS) is 9.74. The monoisotopic (exact) mass is 283 g/mol. The fourth-order valence-electron chi connectivity index (χ4n) is 1.15. The second-order valence-corrected chi connectivity index (χ2v) is 4.53. The van der Waals surface area contributed by atoms with Crippen molar-refractivity contribution in [2.75, 3.05) is 18.0 Å². The average molecular weight is 283 g/mol. The molecule has 0 spiro atoms. The van der Waals surface area contributed by atoms with Crippen LogP contribution in [0.5, 0.6) is 0 Å². The van der Waals surface area contributed by atoms with Crippen LogP contribution in [0.1, 0.15) is 0 Å². The van der Waals surface area contributed by atoms with Gasteiger partial charge in [-0.05, 0) is 18.2 Å². The lowest BCUT2D eigenvalue weighted by Gasteiger charge is -2.06. The molecule has 0 aliphatic heterocycles. The predicted octanol–water partition coefficient (Wildman–Crippen LogP) is 1.51. The number of thioether (sulfide) groups is 1. The average Bonchev–Trinajstić information content (AvgIpc) is 2.37. The number of imide groups is 1. The molecule has 0 fully saturated rings. The van der Waals surface area contributed by atoms with Gasteiger partial charge in [-0.1, -0.05) is 6.08 Å². The van der Waals surface area contributed by atoms with Crippen LogP contribution in [0, 0.1) is 5.82 Å². The smallest absolute Gasteiger partial charge is 0.321 e. The number of halogens is 1. The van der Waals surface area contributed by atoms with Crippen molar-refractivity contribution in [3.63, 3.8) is 0 Å². The maximum atomic E-state index is 13.0. The van der Waals surface area contributed by atoms with Crippen molar-refractivity contribution in [3.8, 4) is 0 Å². The Morgan fingerprint density at radius 1 is 1.47 bits per heavy atom. The summed E-state index contributed by atoms with van der Waals surface area (Å²) < 4.78 is 13.0. The number of anilines is 1. The molecule has 5 nitrogen and oxygen atoms in total. The number of nitrogens with one attached hydrogen (secondary N) is 2. The predicted molar refractivity (Wildman–Crippen MR) is 73.3 cm³/mol. The van der Waals surface area contributed by atoms with Crippen LogP contribution >= 0.6 is 11.8 Å². The summed E-state index contributed by atoms with van der Waals surface area (Å²) >= 11 is 1.06. The maximum absolute atomic E-state index is 13.0. The molecule has 0 unspecified atom stereocenters. The van der Waals surface area contributed by atoms with E-state index < -0.39 is 17.8 Å². The number of nitrogens with two attached hydrogens (primary N) is 1. The van der Waals surface area contributed by atoms with Gasteiger partial charge in [0.05, 0.1) is 5.75 Å². The number of hydrogen-bond donors (Lipinski definition) is 3. The maximum Gasteiger partial charge on any atom is 0.321 e. The number of carbonyl (C=O) groups excluding carboxylic acids is 2. The van der Waals surface area contributed by atoms with Crippen LogP contribution in [-0.4, -0.2) is 24.2 Å². The molecule has 19 heavy (non-hydrogen) atoms. The van der Waals surface area contributed by atoms with Gasteiger partial charge in [-0.2, -0.15) is 0 Å². The quantitative estimate of drug-likeness (QED) is 0.434. The summed E-state index contributed by atoms with van der Waals surface area (Å²) in [5.41, 5.74) is 6.02. The fraction of sp³-hybridized carbons (Fsp3) is 0.167. The van der Waals surface area contributed by atoms with Gasteiger partial charge in [-0.25, -0.2) is 9.18 Å². The highest BCUT2D eigenvalue weighted by Crippen LogP contribution is 2.25. The van der Waals surface area contributed by atoms with Gasteiger partial charge in [-0.15, -0.1) is 18.3 Å². The van der Waals surface area contributed by atoms with E-state index in [4.69, 9.17) is 5.73 Å². The SMILES string of the molecule is C=CCNC(=O)NC(=O)CSc1cc(F)ccc1N. The highest BCUT2D eigenvalue weighted by atomic mass is 32.2. The molecule has 7 heteroatoms. The first kappa shape index (κ1) is 15.0. The minimum atomic E-state index is -0.599. The molecule has 3 amide bonds. The van der Waals surface area contributed by atoms with Crippen LogP contribution in [0.25, 0.3) is 0 Å². The molecule has 0 aliphatic carbocycles. The fourth-order valence-corrected chi connectivity index (χ4v) is 1.94.